The van der Waals surface area contributed by atoms with Gasteiger partial charge in [-0.05, 0) is 107 Å². The second kappa shape index (κ2) is 8.28. The number of carbonyl (C=O) groups excluding carboxylic acids is 1. The Morgan fingerprint density at radius 2 is 1.69 bits per heavy atom. The molecule has 3 aromatic carbocycles. The van der Waals surface area contributed by atoms with Gasteiger partial charge in [0.1, 0.15) is 23.8 Å². The molecule has 3 N–H and O–H groups in total. The van der Waals surface area contributed by atoms with Crippen LogP contribution in [-0.2, 0) is 11.3 Å². The Morgan fingerprint density at radius 3 is 2.44 bits per heavy atom. The first-order chi connectivity index (χ1) is 17.3. The monoisotopic (exact) mass is 479 g/mol. The Balaban J connectivity index is 1.27. The van der Waals surface area contributed by atoms with Crippen molar-refractivity contribution in [2.75, 3.05) is 5.73 Å². The molecule has 2 atom stereocenters. The summed E-state index contributed by atoms with van der Waals surface area (Å²) in [5.74, 6) is 0.0945. The highest BCUT2D eigenvalue weighted by atomic mass is 19.1. The Morgan fingerprint density at radius 1 is 0.917 bits per heavy atom. The van der Waals surface area contributed by atoms with Crippen molar-refractivity contribution in [3.05, 3.63) is 117 Å². The van der Waals surface area contributed by atoms with Gasteiger partial charge in [0.2, 0.25) is 0 Å². The van der Waals surface area contributed by atoms with E-state index in [0.717, 1.165) is 55.8 Å². The Bertz CT molecular complexity index is 1520. The molecule has 0 spiro atoms. The normalized spacial score (nSPS) is 17.1. The summed E-state index contributed by atoms with van der Waals surface area (Å²) < 4.78 is 19.8. The van der Waals surface area contributed by atoms with Crippen LogP contribution in [0.5, 0.6) is 0 Å². The summed E-state index contributed by atoms with van der Waals surface area (Å²) in [6, 6.07) is 18.5. The van der Waals surface area contributed by atoms with E-state index in [2.05, 4.69) is 29.4 Å². The third-order valence-corrected chi connectivity index (χ3v) is 7.33. The number of nitrogens with one attached hydrogen (secondary N) is 1. The SMILES string of the molecule is Cc1cc(N)nc(C)c1CNC(=O)c1ccc2c(c1)C1OC2c2cc(-c3ccc(F)cc3)cc(C)c21. The maximum Gasteiger partial charge on any atom is 0.251 e. The molecule has 0 radical (unpaired) electrons. The minimum Gasteiger partial charge on any atom is -0.384 e. The zero-order valence-electron chi connectivity index (χ0n) is 20.4. The van der Waals surface area contributed by atoms with E-state index in [9.17, 15) is 9.18 Å². The van der Waals surface area contributed by atoms with Gasteiger partial charge in [-0.3, -0.25) is 4.79 Å². The number of hydrogen-bond donors (Lipinski definition) is 2. The van der Waals surface area contributed by atoms with Gasteiger partial charge in [-0.2, -0.15) is 0 Å². The number of carbonyl (C=O) groups is 1. The summed E-state index contributed by atoms with van der Waals surface area (Å²) in [6.45, 7) is 6.34. The number of benzene rings is 3. The standard InChI is InChI=1S/C30H26FN3O2/c1-15-11-26(32)34-17(3)25(15)14-33-30(35)19-6-9-22-23(12-19)29-27-16(2)10-20(13-24(27)28(22)36-29)18-4-7-21(31)8-5-18/h4-13,28-29H,14H2,1-3H3,(H2,32,34)(H,33,35). The lowest BCUT2D eigenvalue weighted by Gasteiger charge is -2.20. The third kappa shape index (κ3) is 3.57. The first-order valence-corrected chi connectivity index (χ1v) is 12.0. The number of rotatable bonds is 4. The molecule has 2 aliphatic heterocycles. The number of nitrogens with two attached hydrogens (primary N) is 1. The fourth-order valence-electron chi connectivity index (χ4n) is 5.56. The third-order valence-electron chi connectivity index (χ3n) is 7.33. The summed E-state index contributed by atoms with van der Waals surface area (Å²) >= 11 is 0. The van der Waals surface area contributed by atoms with Crippen molar-refractivity contribution in [2.45, 2.75) is 39.5 Å². The number of amides is 1. The molecule has 0 aliphatic carbocycles. The Labute approximate surface area is 209 Å². The highest BCUT2D eigenvalue weighted by molar-refractivity contribution is 5.94. The molecule has 2 aliphatic rings. The van der Waals surface area contributed by atoms with Crippen LogP contribution in [0.2, 0.25) is 0 Å². The largest absolute Gasteiger partial charge is 0.384 e. The van der Waals surface area contributed by atoms with E-state index in [4.69, 9.17) is 10.5 Å². The minimum absolute atomic E-state index is 0.139. The molecule has 0 saturated heterocycles. The van der Waals surface area contributed by atoms with Gasteiger partial charge in [0.05, 0.1) is 0 Å². The van der Waals surface area contributed by atoms with Gasteiger partial charge >= 0.3 is 0 Å². The molecule has 1 aromatic heterocycles. The molecular formula is C30H26FN3O2. The molecule has 0 fully saturated rings. The highest BCUT2D eigenvalue weighted by Crippen LogP contribution is 2.55. The van der Waals surface area contributed by atoms with Crippen LogP contribution in [-0.4, -0.2) is 10.9 Å². The quantitative estimate of drug-likeness (QED) is 0.385. The number of nitrogens with zero attached hydrogens (tertiary/aromatic N) is 1. The summed E-state index contributed by atoms with van der Waals surface area (Å²) in [4.78, 5) is 17.3. The van der Waals surface area contributed by atoms with Crippen LogP contribution < -0.4 is 11.1 Å². The number of ether oxygens (including phenoxy) is 1. The second-order valence-electron chi connectivity index (χ2n) is 9.65. The van der Waals surface area contributed by atoms with E-state index < -0.39 is 0 Å². The maximum absolute atomic E-state index is 13.4. The summed E-state index contributed by atoms with van der Waals surface area (Å²) in [5, 5.41) is 3.02. The Kier molecular flexibility index (Phi) is 5.16. The number of aromatic nitrogens is 1. The zero-order chi connectivity index (χ0) is 25.1. The molecule has 6 heteroatoms. The van der Waals surface area contributed by atoms with E-state index in [1.165, 1.54) is 12.1 Å². The molecule has 0 saturated carbocycles. The molecule has 1 amide bonds. The van der Waals surface area contributed by atoms with Crippen LogP contribution in [0.3, 0.4) is 0 Å². The van der Waals surface area contributed by atoms with Crippen molar-refractivity contribution in [3.63, 3.8) is 0 Å². The number of pyridine rings is 1. The van der Waals surface area contributed by atoms with Crippen LogP contribution in [0, 0.1) is 26.6 Å². The van der Waals surface area contributed by atoms with Crippen molar-refractivity contribution in [1.29, 1.82) is 0 Å². The number of nitrogen functional groups attached to an aromatic ring is 1. The lowest BCUT2D eigenvalue weighted by Crippen LogP contribution is -2.24. The van der Waals surface area contributed by atoms with Crippen molar-refractivity contribution < 1.29 is 13.9 Å². The van der Waals surface area contributed by atoms with E-state index >= 15 is 0 Å². The average Bonchev–Trinajstić information content (AvgIpc) is 3.41. The lowest BCUT2D eigenvalue weighted by atomic mass is 9.81. The topological polar surface area (TPSA) is 77.2 Å². The van der Waals surface area contributed by atoms with Crippen molar-refractivity contribution >= 4 is 11.7 Å². The second-order valence-corrected chi connectivity index (χ2v) is 9.65. The maximum atomic E-state index is 13.4. The number of hydrogen-bond acceptors (Lipinski definition) is 4. The van der Waals surface area contributed by atoms with Gasteiger partial charge in [0.15, 0.2) is 0 Å². The van der Waals surface area contributed by atoms with E-state index in [1.54, 1.807) is 12.1 Å². The number of aryl methyl sites for hydroxylation is 3. The molecular weight excluding hydrogens is 453 g/mol. The molecule has 36 heavy (non-hydrogen) atoms. The highest BCUT2D eigenvalue weighted by Gasteiger charge is 2.44. The minimum atomic E-state index is -0.247. The van der Waals surface area contributed by atoms with Gasteiger partial charge in [0.25, 0.3) is 5.91 Å². The Hall–Kier alpha value is -4.03. The molecule has 3 heterocycles. The van der Waals surface area contributed by atoms with Crippen LogP contribution in [0.1, 0.15) is 67.2 Å². The van der Waals surface area contributed by atoms with Crippen LogP contribution in [0.15, 0.2) is 60.7 Å². The molecule has 4 aromatic rings. The fourth-order valence-corrected chi connectivity index (χ4v) is 5.56. The van der Waals surface area contributed by atoms with Gasteiger partial charge in [-0.15, -0.1) is 0 Å². The van der Waals surface area contributed by atoms with E-state index in [-0.39, 0.29) is 23.9 Å². The first-order valence-electron chi connectivity index (χ1n) is 12.0. The van der Waals surface area contributed by atoms with Crippen LogP contribution in [0.25, 0.3) is 11.1 Å². The fraction of sp³-hybridized carbons (Fsp3) is 0.200. The molecule has 2 bridgehead atoms. The van der Waals surface area contributed by atoms with E-state index in [1.807, 2.05) is 38.1 Å². The van der Waals surface area contributed by atoms with E-state index in [0.29, 0.717) is 17.9 Å². The number of fused-ring (bicyclic) bond motifs is 8. The van der Waals surface area contributed by atoms with Gasteiger partial charge in [-0.1, -0.05) is 24.3 Å². The van der Waals surface area contributed by atoms with Crippen LogP contribution in [0.4, 0.5) is 10.2 Å². The zero-order valence-corrected chi connectivity index (χ0v) is 20.4. The summed E-state index contributed by atoms with van der Waals surface area (Å²) in [6.07, 6.45) is -0.358. The molecule has 6 rings (SSSR count). The predicted octanol–water partition coefficient (Wildman–Crippen LogP) is 5.85. The van der Waals surface area contributed by atoms with Gasteiger partial charge in [-0.25, -0.2) is 9.37 Å². The molecule has 180 valence electrons. The lowest BCUT2D eigenvalue weighted by molar-refractivity contribution is 0.0855. The van der Waals surface area contributed by atoms with Crippen molar-refractivity contribution in [1.82, 2.24) is 10.3 Å². The summed E-state index contributed by atoms with van der Waals surface area (Å²) in [5.41, 5.74) is 16.8. The van der Waals surface area contributed by atoms with Crippen molar-refractivity contribution in [2.24, 2.45) is 0 Å². The van der Waals surface area contributed by atoms with Gasteiger partial charge in [0, 0.05) is 17.8 Å². The average molecular weight is 480 g/mol. The number of anilines is 1. The molecule has 2 unspecified atom stereocenters. The van der Waals surface area contributed by atoms with Gasteiger partial charge < -0.3 is 15.8 Å². The predicted molar refractivity (Wildman–Crippen MR) is 137 cm³/mol. The molecule has 5 nitrogen and oxygen atoms in total. The first kappa shape index (κ1) is 22.4. The number of halogens is 1. The summed E-state index contributed by atoms with van der Waals surface area (Å²) in [7, 11) is 0. The van der Waals surface area contributed by atoms with Crippen LogP contribution >= 0.6 is 0 Å². The smallest absolute Gasteiger partial charge is 0.251 e. The van der Waals surface area contributed by atoms with Crippen molar-refractivity contribution in [3.8, 4) is 11.1 Å².